The van der Waals surface area contributed by atoms with E-state index in [4.69, 9.17) is 15.2 Å². The van der Waals surface area contributed by atoms with Crippen LogP contribution in [0, 0.1) is 5.92 Å². The van der Waals surface area contributed by atoms with E-state index >= 15 is 0 Å². The normalized spacial score (nSPS) is 14.9. The molecule has 6 nitrogen and oxygen atoms in total. The van der Waals surface area contributed by atoms with Gasteiger partial charge in [-0.15, -0.1) is 11.3 Å². The lowest BCUT2D eigenvalue weighted by atomic mass is 9.91. The maximum atomic E-state index is 11.8. The molecule has 1 aliphatic rings. The van der Waals surface area contributed by atoms with Crippen LogP contribution in [0.15, 0.2) is 77.2 Å². The molecular formula is C34H42N2O4S. The molecule has 1 aliphatic carbocycles. The lowest BCUT2D eigenvalue weighted by Gasteiger charge is -2.14. The van der Waals surface area contributed by atoms with Gasteiger partial charge in [-0.1, -0.05) is 61.7 Å². The summed E-state index contributed by atoms with van der Waals surface area (Å²) >= 11 is 1.54. The summed E-state index contributed by atoms with van der Waals surface area (Å²) in [5, 5.41) is 2.86. The second-order valence-corrected chi connectivity index (χ2v) is 11.2. The number of carbonyl (C=O) groups is 2. The monoisotopic (exact) mass is 574 g/mol. The number of nitrogens with zero attached hydrogens (tertiary/aromatic N) is 1. The van der Waals surface area contributed by atoms with Crippen molar-refractivity contribution in [2.24, 2.45) is 11.7 Å². The van der Waals surface area contributed by atoms with Gasteiger partial charge in [-0.2, -0.15) is 0 Å². The van der Waals surface area contributed by atoms with Gasteiger partial charge in [0.25, 0.3) is 0 Å². The molecular weight excluding hydrogens is 532 g/mol. The van der Waals surface area contributed by atoms with Gasteiger partial charge in [-0.3, -0.25) is 0 Å². The number of hydrogen-bond acceptors (Lipinski definition) is 7. The molecule has 4 rings (SSSR count). The lowest BCUT2D eigenvalue weighted by molar-refractivity contribution is -0.138. The molecule has 0 spiro atoms. The molecule has 2 aromatic carbocycles. The summed E-state index contributed by atoms with van der Waals surface area (Å²) in [6.07, 6.45) is 11.7. The number of allylic oxidation sites excluding steroid dienone is 2. The number of nitrogens with two attached hydrogens (primary N) is 1. The maximum Gasteiger partial charge on any atom is 0.333 e. The Kier molecular flexibility index (Phi) is 13.5. The first kappa shape index (κ1) is 32.0. The van der Waals surface area contributed by atoms with Gasteiger partial charge in [0.1, 0.15) is 23.7 Å². The van der Waals surface area contributed by atoms with Crippen molar-refractivity contribution in [1.82, 2.24) is 4.98 Å². The summed E-state index contributed by atoms with van der Waals surface area (Å²) in [4.78, 5) is 26.6. The zero-order valence-corrected chi connectivity index (χ0v) is 25.2. The van der Waals surface area contributed by atoms with Crippen LogP contribution >= 0.6 is 11.3 Å². The van der Waals surface area contributed by atoms with Crippen molar-refractivity contribution in [1.29, 1.82) is 0 Å². The van der Waals surface area contributed by atoms with E-state index < -0.39 is 0 Å². The molecule has 1 unspecified atom stereocenters. The Morgan fingerprint density at radius 3 is 2.39 bits per heavy atom. The molecule has 1 atom stereocenters. The Bertz CT molecular complexity index is 1280. The smallest absolute Gasteiger partial charge is 0.333 e. The Morgan fingerprint density at radius 2 is 1.76 bits per heavy atom. The summed E-state index contributed by atoms with van der Waals surface area (Å²) in [6.45, 7) is 6.38. The Balaban J connectivity index is 0.000000496. The van der Waals surface area contributed by atoms with Crippen molar-refractivity contribution in [3.05, 3.63) is 99.0 Å². The Morgan fingerprint density at radius 1 is 1.05 bits per heavy atom. The molecule has 0 saturated heterocycles. The molecule has 7 heteroatoms. The molecule has 218 valence electrons. The van der Waals surface area contributed by atoms with Crippen LogP contribution < -0.4 is 10.5 Å². The molecule has 3 aromatic rings. The molecule has 1 aromatic heterocycles. The van der Waals surface area contributed by atoms with E-state index in [1.54, 1.807) is 31.3 Å². The van der Waals surface area contributed by atoms with Gasteiger partial charge >= 0.3 is 5.97 Å². The van der Waals surface area contributed by atoms with Crippen molar-refractivity contribution >= 4 is 29.7 Å². The molecule has 1 heterocycles. The number of carbonyl (C=O) groups excluding carboxylic acids is 2. The van der Waals surface area contributed by atoms with Gasteiger partial charge in [0, 0.05) is 16.9 Å². The predicted octanol–water partition coefficient (Wildman–Crippen LogP) is 7.64. The molecule has 0 aliphatic heterocycles. The van der Waals surface area contributed by atoms with E-state index in [0.717, 1.165) is 52.3 Å². The van der Waals surface area contributed by atoms with Crippen LogP contribution in [0.2, 0.25) is 0 Å². The zero-order valence-electron chi connectivity index (χ0n) is 24.4. The highest BCUT2D eigenvalue weighted by atomic mass is 32.1. The maximum absolute atomic E-state index is 11.8. The molecule has 1 fully saturated rings. The number of ether oxygens (including phenoxy) is 2. The van der Waals surface area contributed by atoms with E-state index in [-0.39, 0.29) is 12.0 Å². The van der Waals surface area contributed by atoms with Gasteiger partial charge in [0.15, 0.2) is 0 Å². The summed E-state index contributed by atoms with van der Waals surface area (Å²) in [5.74, 6) is 0.936. The van der Waals surface area contributed by atoms with Crippen molar-refractivity contribution in [2.75, 3.05) is 6.61 Å². The van der Waals surface area contributed by atoms with Crippen molar-refractivity contribution in [3.63, 3.8) is 0 Å². The van der Waals surface area contributed by atoms with Gasteiger partial charge in [0.05, 0.1) is 18.3 Å². The summed E-state index contributed by atoms with van der Waals surface area (Å²) in [7, 11) is 0. The molecule has 0 bridgehead atoms. The minimum atomic E-state index is -0.303. The standard InChI is InChI=1S/C27H30N2O3S.C7H12O/c1-4-31-27(30)20(3)14-19(2)15-23-18-33-26(29-23)25(28)16-21-10-12-24(13-11-21)32-17-22-8-6-5-7-9-22;8-6-7-4-2-1-3-5-7/h5-15,18,25H,4,16-17,28H2,1-3H3;6-7H,1-5H2/b19-15-,20-14-;. The SMILES string of the molecule is CCOC(=O)/C(C)=C\C(C)=C/c1csc(C(N)Cc2ccc(OCc3ccccc3)cc2)n1.O=CC1CCCCC1. The first-order valence-electron chi connectivity index (χ1n) is 14.3. The fraction of sp³-hybridized carbons (Fsp3) is 0.382. The highest BCUT2D eigenvalue weighted by Gasteiger charge is 2.12. The fourth-order valence-corrected chi connectivity index (χ4v) is 5.31. The van der Waals surface area contributed by atoms with Gasteiger partial charge < -0.3 is 20.0 Å². The summed E-state index contributed by atoms with van der Waals surface area (Å²) < 4.78 is 10.9. The van der Waals surface area contributed by atoms with E-state index in [0.29, 0.717) is 31.1 Å². The second kappa shape index (κ2) is 17.3. The van der Waals surface area contributed by atoms with Crippen LogP contribution in [0.3, 0.4) is 0 Å². The van der Waals surface area contributed by atoms with Crippen LogP contribution in [0.5, 0.6) is 5.75 Å². The number of rotatable bonds is 11. The minimum absolute atomic E-state index is 0.189. The number of thiazole rings is 1. The first-order chi connectivity index (χ1) is 19.9. The fourth-order valence-electron chi connectivity index (χ4n) is 4.53. The third-order valence-corrected chi connectivity index (χ3v) is 7.74. The van der Waals surface area contributed by atoms with E-state index in [1.807, 2.05) is 73.0 Å². The largest absolute Gasteiger partial charge is 0.489 e. The van der Waals surface area contributed by atoms with E-state index in [2.05, 4.69) is 4.98 Å². The minimum Gasteiger partial charge on any atom is -0.489 e. The van der Waals surface area contributed by atoms with Crippen molar-refractivity contribution in [2.45, 2.75) is 71.9 Å². The van der Waals surface area contributed by atoms with E-state index in [1.165, 1.54) is 19.3 Å². The Labute approximate surface area is 248 Å². The van der Waals surface area contributed by atoms with Gasteiger partial charge in [-0.25, -0.2) is 9.78 Å². The van der Waals surface area contributed by atoms with Crippen molar-refractivity contribution < 1.29 is 19.1 Å². The van der Waals surface area contributed by atoms with Crippen LogP contribution in [-0.4, -0.2) is 23.8 Å². The van der Waals surface area contributed by atoms with Crippen LogP contribution in [0.25, 0.3) is 6.08 Å². The topological polar surface area (TPSA) is 91.5 Å². The van der Waals surface area contributed by atoms with Crippen LogP contribution in [0.4, 0.5) is 0 Å². The Hall–Kier alpha value is -3.55. The predicted molar refractivity (Wildman–Crippen MR) is 167 cm³/mol. The third-order valence-electron chi connectivity index (χ3n) is 6.74. The highest BCUT2D eigenvalue weighted by Crippen LogP contribution is 2.24. The number of aromatic nitrogens is 1. The molecule has 41 heavy (non-hydrogen) atoms. The van der Waals surface area contributed by atoms with Crippen molar-refractivity contribution in [3.8, 4) is 5.75 Å². The molecule has 2 N–H and O–H groups in total. The van der Waals surface area contributed by atoms with Crippen LogP contribution in [-0.2, 0) is 27.4 Å². The summed E-state index contributed by atoms with van der Waals surface area (Å²) in [5.41, 5.74) is 11.0. The average Bonchev–Trinajstić information content (AvgIpc) is 3.46. The van der Waals surface area contributed by atoms with Crippen LogP contribution in [0.1, 0.15) is 80.7 Å². The molecule has 0 radical (unpaired) electrons. The molecule has 0 amide bonds. The number of hydrogen-bond donors (Lipinski definition) is 1. The highest BCUT2D eigenvalue weighted by molar-refractivity contribution is 7.09. The van der Waals surface area contributed by atoms with E-state index in [9.17, 15) is 9.59 Å². The first-order valence-corrected chi connectivity index (χ1v) is 15.2. The number of esters is 1. The number of benzene rings is 2. The quantitative estimate of drug-likeness (QED) is 0.109. The third kappa shape index (κ3) is 11.5. The average molecular weight is 575 g/mol. The zero-order chi connectivity index (χ0) is 29.5. The lowest BCUT2D eigenvalue weighted by Crippen LogP contribution is -2.13. The number of aldehydes is 1. The summed E-state index contributed by atoms with van der Waals surface area (Å²) in [6, 6.07) is 17.9. The molecule has 1 saturated carbocycles. The van der Waals surface area contributed by atoms with Gasteiger partial charge in [-0.05, 0) is 81.0 Å². The second-order valence-electron chi connectivity index (χ2n) is 10.3. The van der Waals surface area contributed by atoms with Gasteiger partial charge in [0.2, 0.25) is 0 Å².